The van der Waals surface area contributed by atoms with Crippen molar-refractivity contribution >= 4 is 11.6 Å². The van der Waals surface area contributed by atoms with E-state index in [1.165, 1.54) is 0 Å². The number of hydrogen-bond donors (Lipinski definition) is 1. The first-order chi connectivity index (χ1) is 9.20. The molecule has 2 aromatic rings. The molecule has 0 bridgehead atoms. The molecule has 2 aromatic carbocycles. The van der Waals surface area contributed by atoms with Gasteiger partial charge in [-0.1, -0.05) is 42.8 Å². The molecule has 2 rings (SSSR count). The average molecular weight is 276 g/mol. The standard InChI is InChI=1S/C16H18ClNO/c1-3-18-11-13-6-4-5-7-15(13)19-16-10-14(17)9-8-12(16)2/h4-10,18H,3,11H2,1-2H3. The van der Waals surface area contributed by atoms with E-state index in [1.807, 2.05) is 43.3 Å². The van der Waals surface area contributed by atoms with Crippen molar-refractivity contribution in [3.63, 3.8) is 0 Å². The Kier molecular flexibility index (Phi) is 4.83. The van der Waals surface area contributed by atoms with Crippen LogP contribution in [0, 0.1) is 6.92 Å². The zero-order chi connectivity index (χ0) is 13.7. The Balaban J connectivity index is 2.25. The molecule has 3 heteroatoms. The van der Waals surface area contributed by atoms with Crippen LogP contribution in [0.1, 0.15) is 18.1 Å². The fraction of sp³-hybridized carbons (Fsp3) is 0.250. The summed E-state index contributed by atoms with van der Waals surface area (Å²) in [5, 5.41) is 4.00. The Bertz CT molecular complexity index is 554. The molecule has 0 heterocycles. The van der Waals surface area contributed by atoms with Gasteiger partial charge in [-0.25, -0.2) is 0 Å². The minimum atomic E-state index is 0.685. The van der Waals surface area contributed by atoms with Crippen LogP contribution in [0.15, 0.2) is 42.5 Å². The van der Waals surface area contributed by atoms with Gasteiger partial charge < -0.3 is 10.1 Å². The topological polar surface area (TPSA) is 21.3 Å². The lowest BCUT2D eigenvalue weighted by molar-refractivity contribution is 0.470. The lowest BCUT2D eigenvalue weighted by Gasteiger charge is -2.13. The summed E-state index contributed by atoms with van der Waals surface area (Å²) in [5.74, 6) is 1.67. The number of ether oxygens (including phenoxy) is 1. The maximum absolute atomic E-state index is 6.01. The molecule has 0 aliphatic heterocycles. The molecule has 1 N–H and O–H groups in total. The number of aryl methyl sites for hydroxylation is 1. The van der Waals surface area contributed by atoms with Gasteiger partial charge >= 0.3 is 0 Å². The number of nitrogens with one attached hydrogen (secondary N) is 1. The molecule has 0 atom stereocenters. The van der Waals surface area contributed by atoms with Crippen molar-refractivity contribution < 1.29 is 4.74 Å². The second kappa shape index (κ2) is 6.60. The van der Waals surface area contributed by atoms with Gasteiger partial charge in [-0.3, -0.25) is 0 Å². The fourth-order valence-corrected chi connectivity index (χ4v) is 1.97. The molecule has 0 aliphatic carbocycles. The van der Waals surface area contributed by atoms with Gasteiger partial charge in [-0.15, -0.1) is 0 Å². The van der Waals surface area contributed by atoms with Crippen LogP contribution in [-0.2, 0) is 6.54 Å². The number of para-hydroxylation sites is 1. The largest absolute Gasteiger partial charge is 0.457 e. The van der Waals surface area contributed by atoms with Crippen LogP contribution in [0.25, 0.3) is 0 Å². The predicted molar refractivity (Wildman–Crippen MR) is 80.1 cm³/mol. The van der Waals surface area contributed by atoms with Gasteiger partial charge in [0.1, 0.15) is 11.5 Å². The Labute approximate surface area is 119 Å². The van der Waals surface area contributed by atoms with Crippen LogP contribution < -0.4 is 10.1 Å². The summed E-state index contributed by atoms with van der Waals surface area (Å²) < 4.78 is 5.99. The van der Waals surface area contributed by atoms with E-state index in [0.717, 1.165) is 35.7 Å². The van der Waals surface area contributed by atoms with E-state index in [4.69, 9.17) is 16.3 Å². The minimum absolute atomic E-state index is 0.685. The summed E-state index contributed by atoms with van der Waals surface area (Å²) >= 11 is 6.01. The zero-order valence-corrected chi connectivity index (χ0v) is 12.0. The fourth-order valence-electron chi connectivity index (χ4n) is 1.81. The number of halogens is 1. The van der Waals surface area contributed by atoms with Gasteiger partial charge in [0.2, 0.25) is 0 Å². The molecule has 0 radical (unpaired) electrons. The van der Waals surface area contributed by atoms with Crippen LogP contribution >= 0.6 is 11.6 Å². The monoisotopic (exact) mass is 275 g/mol. The second-order valence-corrected chi connectivity index (χ2v) is 4.84. The highest BCUT2D eigenvalue weighted by molar-refractivity contribution is 6.30. The first-order valence-corrected chi connectivity index (χ1v) is 6.81. The Hall–Kier alpha value is -1.51. The molecule has 0 saturated heterocycles. The van der Waals surface area contributed by atoms with Crippen molar-refractivity contribution in [3.05, 3.63) is 58.6 Å². The summed E-state index contributed by atoms with van der Waals surface area (Å²) in [7, 11) is 0. The van der Waals surface area contributed by atoms with Gasteiger partial charge in [-0.05, 0) is 37.2 Å². The van der Waals surface area contributed by atoms with E-state index in [-0.39, 0.29) is 0 Å². The highest BCUT2D eigenvalue weighted by atomic mass is 35.5. The molecular formula is C16H18ClNO. The highest BCUT2D eigenvalue weighted by Gasteiger charge is 2.06. The summed E-state index contributed by atoms with van der Waals surface area (Å²) in [6.07, 6.45) is 0. The van der Waals surface area contributed by atoms with Crippen molar-refractivity contribution in [1.82, 2.24) is 5.32 Å². The SMILES string of the molecule is CCNCc1ccccc1Oc1cc(Cl)ccc1C. The molecule has 100 valence electrons. The third-order valence-corrected chi connectivity index (χ3v) is 3.14. The van der Waals surface area contributed by atoms with Gasteiger partial charge in [0, 0.05) is 17.1 Å². The van der Waals surface area contributed by atoms with Crippen LogP contribution in [0.3, 0.4) is 0 Å². The number of benzene rings is 2. The van der Waals surface area contributed by atoms with Crippen molar-refractivity contribution in [2.24, 2.45) is 0 Å². The first kappa shape index (κ1) is 13.9. The van der Waals surface area contributed by atoms with Crippen LogP contribution in [-0.4, -0.2) is 6.54 Å². The van der Waals surface area contributed by atoms with Crippen LogP contribution in [0.4, 0.5) is 0 Å². The Morgan fingerprint density at radius 3 is 2.68 bits per heavy atom. The zero-order valence-electron chi connectivity index (χ0n) is 11.2. The van der Waals surface area contributed by atoms with Gasteiger partial charge in [0.25, 0.3) is 0 Å². The molecule has 0 aromatic heterocycles. The third-order valence-electron chi connectivity index (χ3n) is 2.91. The molecule has 0 saturated carbocycles. The van der Waals surface area contributed by atoms with Crippen molar-refractivity contribution in [3.8, 4) is 11.5 Å². The van der Waals surface area contributed by atoms with E-state index < -0.39 is 0 Å². The molecular weight excluding hydrogens is 258 g/mol. The molecule has 0 aliphatic rings. The third kappa shape index (κ3) is 3.72. The molecule has 0 spiro atoms. The molecule has 19 heavy (non-hydrogen) atoms. The maximum atomic E-state index is 6.01. The number of hydrogen-bond acceptors (Lipinski definition) is 2. The Morgan fingerprint density at radius 1 is 1.11 bits per heavy atom. The van der Waals surface area contributed by atoms with Crippen molar-refractivity contribution in [1.29, 1.82) is 0 Å². The molecule has 2 nitrogen and oxygen atoms in total. The number of rotatable bonds is 5. The van der Waals surface area contributed by atoms with Crippen LogP contribution in [0.5, 0.6) is 11.5 Å². The Morgan fingerprint density at radius 2 is 1.89 bits per heavy atom. The van der Waals surface area contributed by atoms with E-state index >= 15 is 0 Å². The van der Waals surface area contributed by atoms with Crippen molar-refractivity contribution in [2.75, 3.05) is 6.54 Å². The summed E-state index contributed by atoms with van der Waals surface area (Å²) in [6.45, 7) is 5.83. The van der Waals surface area contributed by atoms with Gasteiger partial charge in [0.15, 0.2) is 0 Å². The summed E-state index contributed by atoms with van der Waals surface area (Å²) in [5.41, 5.74) is 2.21. The lowest BCUT2D eigenvalue weighted by Crippen LogP contribution is -2.12. The van der Waals surface area contributed by atoms with Gasteiger partial charge in [0.05, 0.1) is 0 Å². The average Bonchev–Trinajstić information content (AvgIpc) is 2.42. The van der Waals surface area contributed by atoms with E-state index in [0.29, 0.717) is 5.02 Å². The molecule has 0 fully saturated rings. The molecule has 0 unspecified atom stereocenters. The van der Waals surface area contributed by atoms with Crippen molar-refractivity contribution in [2.45, 2.75) is 20.4 Å². The smallest absolute Gasteiger partial charge is 0.131 e. The quantitative estimate of drug-likeness (QED) is 0.864. The minimum Gasteiger partial charge on any atom is -0.457 e. The summed E-state index contributed by atoms with van der Waals surface area (Å²) in [4.78, 5) is 0. The molecule has 0 amide bonds. The highest BCUT2D eigenvalue weighted by Crippen LogP contribution is 2.29. The normalized spacial score (nSPS) is 10.5. The maximum Gasteiger partial charge on any atom is 0.131 e. The first-order valence-electron chi connectivity index (χ1n) is 6.43. The van der Waals surface area contributed by atoms with Gasteiger partial charge in [-0.2, -0.15) is 0 Å². The second-order valence-electron chi connectivity index (χ2n) is 4.40. The van der Waals surface area contributed by atoms with Crippen LogP contribution in [0.2, 0.25) is 5.02 Å². The van der Waals surface area contributed by atoms with E-state index in [1.54, 1.807) is 0 Å². The lowest BCUT2D eigenvalue weighted by atomic mass is 10.2. The summed E-state index contributed by atoms with van der Waals surface area (Å²) in [6, 6.07) is 13.7. The van der Waals surface area contributed by atoms with E-state index in [9.17, 15) is 0 Å². The van der Waals surface area contributed by atoms with E-state index in [2.05, 4.69) is 18.3 Å². The predicted octanol–water partition coefficient (Wildman–Crippen LogP) is 4.55.